The van der Waals surface area contributed by atoms with Gasteiger partial charge in [0.15, 0.2) is 0 Å². The van der Waals surface area contributed by atoms with Gasteiger partial charge in [-0.1, -0.05) is 81.3 Å². The van der Waals surface area contributed by atoms with E-state index < -0.39 is 0 Å². The lowest BCUT2D eigenvalue weighted by molar-refractivity contribution is -0.149. The number of aldehydes is 1. The van der Waals surface area contributed by atoms with E-state index in [2.05, 4.69) is 95.4 Å². The minimum absolute atomic E-state index is 0.0261. The number of hydrogen-bond acceptors (Lipinski definition) is 7. The Morgan fingerprint density at radius 2 is 1.09 bits per heavy atom. The van der Waals surface area contributed by atoms with Crippen molar-refractivity contribution in [2.24, 2.45) is 57.2 Å². The highest BCUT2D eigenvalue weighted by Gasteiger charge is 2.60. The first kappa shape index (κ1) is 43.5. The summed E-state index contributed by atoms with van der Waals surface area (Å²) in [5, 5.41) is 0. The summed E-state index contributed by atoms with van der Waals surface area (Å²) in [6, 6.07) is 16.7. The predicted molar refractivity (Wildman–Crippen MR) is 258 cm³/mol. The molecule has 4 fully saturated rings. The Morgan fingerprint density at radius 3 is 1.65 bits per heavy atom. The predicted octanol–water partition coefficient (Wildman–Crippen LogP) is 12.3. The van der Waals surface area contributed by atoms with E-state index in [0.717, 1.165) is 98.0 Å². The summed E-state index contributed by atoms with van der Waals surface area (Å²) in [5.41, 5.74) is 11.6. The lowest BCUT2D eigenvalue weighted by Crippen LogP contribution is -2.50. The van der Waals surface area contributed by atoms with Crippen LogP contribution in [0.15, 0.2) is 96.1 Å². The molecule has 8 aliphatic carbocycles. The molecular weight excluding hydrogens is 821 g/mol. The van der Waals surface area contributed by atoms with Gasteiger partial charge in [0, 0.05) is 54.5 Å². The standard InChI is InChI=1S/C29H34N2O3.C28H34N2O2/c1-18(33)34-21-10-12-28(2)20(15-21)8-9-22-23(28)11-13-29(3)24(22)14-19(16-32)27(29)31-17-30-25-6-4-5-7-26(25)31;1-18(31)32-20-12-14-27(2)19(16-20)8-9-21-22-10-11-26(28(22,3)15-13-23(21)27)30-17-29-24-6-4-5-7-25(24)30/h4-8,16-17,21-24H,9-15H2,1-3H3;4-8,11,17,20-23H,9-10,12-16H2,1-3H3/t21-,22?,23?,24?,28-,29-;20-,21?,22?,23?,27-,28-/m00/s1. The van der Waals surface area contributed by atoms with Gasteiger partial charge in [-0.2, -0.15) is 0 Å². The summed E-state index contributed by atoms with van der Waals surface area (Å²) in [4.78, 5) is 44.7. The molecule has 2 aromatic heterocycles. The van der Waals surface area contributed by atoms with Crippen LogP contribution < -0.4 is 0 Å². The first-order chi connectivity index (χ1) is 31.7. The van der Waals surface area contributed by atoms with E-state index in [1.165, 1.54) is 68.4 Å². The number of rotatable bonds is 5. The molecule has 9 nitrogen and oxygen atoms in total. The molecule has 4 aromatic rings. The van der Waals surface area contributed by atoms with Crippen molar-refractivity contribution >= 4 is 51.7 Å². The fourth-order valence-electron chi connectivity index (χ4n) is 16.4. The number of esters is 2. The van der Waals surface area contributed by atoms with E-state index in [0.29, 0.717) is 23.7 Å². The second-order valence-corrected chi connectivity index (χ2v) is 22.6. The summed E-state index contributed by atoms with van der Waals surface area (Å²) in [6.45, 7) is 12.9. The molecule has 0 radical (unpaired) electrons. The molecule has 66 heavy (non-hydrogen) atoms. The first-order valence-electron chi connectivity index (χ1n) is 25.2. The highest BCUT2D eigenvalue weighted by Crippen LogP contribution is 2.68. The van der Waals surface area contributed by atoms with Crippen LogP contribution in [-0.4, -0.2) is 49.5 Å². The lowest BCUT2D eigenvalue weighted by atomic mass is 9.47. The SMILES string of the molecule is CC(=O)O[C@H]1CC[C@@]2(C)C(=CCC3C2CC[C@]2(C)C(n4cnc5ccccc54)=C(C=O)CC32)C1.CC(=O)O[C@H]1CC[C@@]2(C)C(=CCC3C2CC[C@]2(C)C(n4cnc5ccccc54)=CCC32)C1. The van der Waals surface area contributed by atoms with E-state index in [1.54, 1.807) is 5.57 Å². The smallest absolute Gasteiger partial charge is 0.302 e. The van der Waals surface area contributed by atoms with Crippen LogP contribution in [0.4, 0.5) is 0 Å². The quantitative estimate of drug-likeness (QED) is 0.112. The first-order valence-corrected chi connectivity index (χ1v) is 25.2. The maximum absolute atomic E-state index is 12.4. The minimum Gasteiger partial charge on any atom is -0.462 e. The molecule has 4 saturated carbocycles. The van der Waals surface area contributed by atoms with E-state index in [-0.39, 0.29) is 45.8 Å². The van der Waals surface area contributed by atoms with Crippen molar-refractivity contribution < 1.29 is 23.9 Å². The highest BCUT2D eigenvalue weighted by atomic mass is 16.5. The molecular formula is C57H68N4O5. The van der Waals surface area contributed by atoms with E-state index in [9.17, 15) is 14.4 Å². The van der Waals surface area contributed by atoms with Crippen LogP contribution in [-0.2, 0) is 23.9 Å². The Balaban J connectivity index is 0.000000146. The molecule has 0 bridgehead atoms. The van der Waals surface area contributed by atoms with Crippen molar-refractivity contribution in [2.45, 2.75) is 144 Å². The third kappa shape index (κ3) is 6.70. The van der Waals surface area contributed by atoms with Crippen LogP contribution in [0.3, 0.4) is 0 Å². The summed E-state index contributed by atoms with van der Waals surface area (Å²) in [5.74, 6) is 3.51. The van der Waals surface area contributed by atoms with Gasteiger partial charge in [0.1, 0.15) is 31.1 Å². The second-order valence-electron chi connectivity index (χ2n) is 22.6. The zero-order chi connectivity index (χ0) is 45.8. The molecule has 0 N–H and O–H groups in total. The molecule has 6 unspecified atom stereocenters. The van der Waals surface area contributed by atoms with Gasteiger partial charge < -0.3 is 18.6 Å². The number of carbonyl (C=O) groups excluding carboxylic acids is 3. The molecule has 0 saturated heterocycles. The number of para-hydroxylation sites is 4. The molecule has 2 heterocycles. The number of benzene rings is 2. The Labute approximate surface area is 390 Å². The Hall–Kier alpha value is -5.05. The highest BCUT2D eigenvalue weighted by molar-refractivity contribution is 5.90. The van der Waals surface area contributed by atoms with Crippen LogP contribution in [0.25, 0.3) is 33.5 Å². The monoisotopic (exact) mass is 889 g/mol. The molecule has 12 rings (SSSR count). The Morgan fingerprint density at radius 1 is 0.591 bits per heavy atom. The van der Waals surface area contributed by atoms with Gasteiger partial charge >= 0.3 is 11.9 Å². The third-order valence-corrected chi connectivity index (χ3v) is 19.5. The van der Waals surface area contributed by atoms with Crippen molar-refractivity contribution in [3.05, 3.63) is 96.1 Å². The molecule has 12 atom stereocenters. The van der Waals surface area contributed by atoms with Crippen molar-refractivity contribution in [1.82, 2.24) is 19.1 Å². The van der Waals surface area contributed by atoms with Crippen LogP contribution in [0.2, 0.25) is 0 Å². The van der Waals surface area contributed by atoms with Crippen molar-refractivity contribution in [3.8, 4) is 0 Å². The topological polar surface area (TPSA) is 105 Å². The van der Waals surface area contributed by atoms with Gasteiger partial charge in [-0.3, -0.25) is 14.4 Å². The maximum Gasteiger partial charge on any atom is 0.302 e. The third-order valence-electron chi connectivity index (χ3n) is 19.5. The number of hydrogen-bond donors (Lipinski definition) is 0. The zero-order valence-electron chi connectivity index (χ0n) is 39.9. The molecule has 2 aromatic carbocycles. The number of carbonyl (C=O) groups is 3. The fraction of sp³-hybridized carbons (Fsp3) is 0.561. The van der Waals surface area contributed by atoms with Crippen LogP contribution >= 0.6 is 0 Å². The Kier molecular flexibility index (Phi) is 10.6. The van der Waals surface area contributed by atoms with Crippen LogP contribution in [0.5, 0.6) is 0 Å². The average Bonchev–Trinajstić information content (AvgIpc) is 4.07. The van der Waals surface area contributed by atoms with Gasteiger partial charge in [0.2, 0.25) is 0 Å². The number of ether oxygens (including phenoxy) is 2. The number of imidazole rings is 2. The van der Waals surface area contributed by atoms with E-state index >= 15 is 0 Å². The van der Waals surface area contributed by atoms with Gasteiger partial charge in [0.25, 0.3) is 0 Å². The molecule has 346 valence electrons. The number of allylic oxidation sites excluding steroid dienone is 6. The summed E-state index contributed by atoms with van der Waals surface area (Å²) < 4.78 is 15.8. The minimum atomic E-state index is -0.172. The molecule has 0 amide bonds. The van der Waals surface area contributed by atoms with Crippen LogP contribution in [0, 0.1) is 57.2 Å². The summed E-state index contributed by atoms with van der Waals surface area (Å²) in [6.07, 6.45) is 27.7. The number of nitrogens with zero attached hydrogens (tertiary/aromatic N) is 4. The van der Waals surface area contributed by atoms with E-state index in [4.69, 9.17) is 9.47 Å². The normalized spacial score (nSPS) is 37.6. The molecule has 8 aliphatic rings. The second kappa shape index (κ2) is 16.0. The molecule has 9 heteroatoms. The largest absolute Gasteiger partial charge is 0.462 e. The summed E-state index contributed by atoms with van der Waals surface area (Å²) >= 11 is 0. The lowest BCUT2D eigenvalue weighted by Gasteiger charge is -2.57. The maximum atomic E-state index is 12.4. The van der Waals surface area contributed by atoms with Crippen LogP contribution in [0.1, 0.15) is 131 Å². The van der Waals surface area contributed by atoms with Gasteiger partial charge in [-0.05, 0) is 148 Å². The number of fused-ring (bicyclic) bond motifs is 12. The molecule has 0 aliphatic heterocycles. The zero-order valence-corrected chi connectivity index (χ0v) is 39.9. The van der Waals surface area contributed by atoms with Crippen molar-refractivity contribution in [2.75, 3.05) is 0 Å². The fourth-order valence-corrected chi connectivity index (χ4v) is 16.4. The van der Waals surface area contributed by atoms with Crippen molar-refractivity contribution in [1.29, 1.82) is 0 Å². The van der Waals surface area contributed by atoms with Gasteiger partial charge in [-0.15, -0.1) is 0 Å². The van der Waals surface area contributed by atoms with Gasteiger partial charge in [-0.25, -0.2) is 9.97 Å². The van der Waals surface area contributed by atoms with Crippen molar-refractivity contribution in [3.63, 3.8) is 0 Å². The Bertz CT molecular complexity index is 2750. The van der Waals surface area contributed by atoms with E-state index in [1.807, 2.05) is 30.9 Å². The number of aromatic nitrogens is 4. The molecule has 0 spiro atoms. The average molecular weight is 889 g/mol. The van der Waals surface area contributed by atoms with Gasteiger partial charge in [0.05, 0.1) is 22.1 Å². The summed E-state index contributed by atoms with van der Waals surface area (Å²) in [7, 11) is 0.